The van der Waals surface area contributed by atoms with Gasteiger partial charge in [-0.25, -0.2) is 9.78 Å². The zero-order valence-electron chi connectivity index (χ0n) is 16.5. The predicted octanol–water partition coefficient (Wildman–Crippen LogP) is 2.70. The van der Waals surface area contributed by atoms with Crippen LogP contribution in [0.5, 0.6) is 0 Å². The van der Waals surface area contributed by atoms with E-state index in [9.17, 15) is 9.59 Å². The number of nitrogens with one attached hydrogen (secondary N) is 2. The lowest BCUT2D eigenvalue weighted by atomic mass is 10.1. The molecule has 2 N–H and O–H groups in total. The molecule has 150 valence electrons. The fraction of sp³-hybridized carbons (Fsp3) is 0.318. The summed E-state index contributed by atoms with van der Waals surface area (Å²) in [5.41, 5.74) is 2.87. The van der Waals surface area contributed by atoms with E-state index in [1.165, 1.54) is 0 Å². The molecule has 0 saturated heterocycles. The maximum Gasteiger partial charge on any atom is 0.324 e. The molecule has 3 aromatic rings. The smallest absolute Gasteiger partial charge is 0.324 e. The van der Waals surface area contributed by atoms with Crippen molar-refractivity contribution in [3.63, 3.8) is 0 Å². The highest BCUT2D eigenvalue weighted by Gasteiger charge is 2.31. The lowest BCUT2D eigenvalue weighted by Crippen LogP contribution is -2.52. The highest BCUT2D eigenvalue weighted by atomic mass is 16.2. The van der Waals surface area contributed by atoms with Gasteiger partial charge in [-0.2, -0.15) is 0 Å². The van der Waals surface area contributed by atoms with Crippen molar-refractivity contribution in [3.8, 4) is 0 Å². The average molecular weight is 391 g/mol. The Morgan fingerprint density at radius 3 is 2.62 bits per heavy atom. The number of benzene rings is 2. The molecule has 1 aromatic heterocycles. The number of hydrogen-bond donors (Lipinski definition) is 2. The van der Waals surface area contributed by atoms with Crippen LogP contribution in [0.1, 0.15) is 18.9 Å². The van der Waals surface area contributed by atoms with Gasteiger partial charge in [0, 0.05) is 26.1 Å². The third-order valence-electron chi connectivity index (χ3n) is 5.11. The fourth-order valence-electron chi connectivity index (χ4n) is 3.64. The van der Waals surface area contributed by atoms with Gasteiger partial charge in [0.1, 0.15) is 6.04 Å². The van der Waals surface area contributed by atoms with E-state index >= 15 is 0 Å². The number of urea groups is 1. The van der Waals surface area contributed by atoms with Crippen molar-refractivity contribution in [1.29, 1.82) is 0 Å². The molecule has 0 radical (unpaired) electrons. The van der Waals surface area contributed by atoms with Crippen LogP contribution in [0.25, 0.3) is 11.0 Å². The molecule has 0 aliphatic carbocycles. The molecular formula is C22H25N5O2. The summed E-state index contributed by atoms with van der Waals surface area (Å²) in [5, 5.41) is 5.82. The van der Waals surface area contributed by atoms with Gasteiger partial charge in [-0.3, -0.25) is 9.69 Å². The summed E-state index contributed by atoms with van der Waals surface area (Å²) >= 11 is 0. The van der Waals surface area contributed by atoms with Gasteiger partial charge in [-0.15, -0.1) is 0 Å². The van der Waals surface area contributed by atoms with Gasteiger partial charge in [0.15, 0.2) is 0 Å². The van der Waals surface area contributed by atoms with Gasteiger partial charge in [0.2, 0.25) is 11.9 Å². The quantitative estimate of drug-likeness (QED) is 0.678. The first-order valence-corrected chi connectivity index (χ1v) is 10.0. The van der Waals surface area contributed by atoms with Crippen molar-refractivity contribution in [3.05, 3.63) is 60.2 Å². The Kier molecular flexibility index (Phi) is 5.46. The van der Waals surface area contributed by atoms with Crippen LogP contribution >= 0.6 is 0 Å². The van der Waals surface area contributed by atoms with Crippen molar-refractivity contribution in [1.82, 2.24) is 20.2 Å². The van der Waals surface area contributed by atoms with Crippen LogP contribution in [-0.2, 0) is 17.8 Å². The summed E-state index contributed by atoms with van der Waals surface area (Å²) in [6.07, 6.45) is 1.28. The van der Waals surface area contributed by atoms with Gasteiger partial charge < -0.3 is 15.2 Å². The van der Waals surface area contributed by atoms with Crippen LogP contribution in [0.15, 0.2) is 54.6 Å². The number of amides is 3. The van der Waals surface area contributed by atoms with E-state index in [1.54, 1.807) is 4.90 Å². The van der Waals surface area contributed by atoms with Crippen molar-refractivity contribution >= 4 is 28.9 Å². The van der Waals surface area contributed by atoms with Crippen LogP contribution in [0, 0.1) is 0 Å². The summed E-state index contributed by atoms with van der Waals surface area (Å²) in [6, 6.07) is 16.6. The number of carbonyl (C=O) groups is 2. The maximum absolute atomic E-state index is 13.0. The van der Waals surface area contributed by atoms with E-state index in [1.807, 2.05) is 66.1 Å². The second kappa shape index (κ2) is 8.34. The number of fused-ring (bicyclic) bond motifs is 3. The topological polar surface area (TPSA) is 79.3 Å². The minimum Gasteiger partial charge on any atom is -0.354 e. The number of anilines is 1. The van der Waals surface area contributed by atoms with Gasteiger partial charge in [0.25, 0.3) is 0 Å². The zero-order chi connectivity index (χ0) is 20.2. The maximum atomic E-state index is 13.0. The number of nitrogens with zero attached hydrogens (tertiary/aromatic N) is 3. The van der Waals surface area contributed by atoms with Gasteiger partial charge >= 0.3 is 6.03 Å². The molecule has 1 atom stereocenters. The zero-order valence-corrected chi connectivity index (χ0v) is 16.5. The van der Waals surface area contributed by atoms with E-state index < -0.39 is 6.04 Å². The normalized spacial score (nSPS) is 13.9. The monoisotopic (exact) mass is 391 g/mol. The van der Waals surface area contributed by atoms with Crippen molar-refractivity contribution in [2.45, 2.75) is 32.4 Å². The molecule has 0 fully saturated rings. The van der Waals surface area contributed by atoms with Crippen LogP contribution < -0.4 is 15.5 Å². The fourth-order valence-corrected chi connectivity index (χ4v) is 3.64. The Labute approximate surface area is 169 Å². The Bertz CT molecular complexity index is 1010. The Hall–Kier alpha value is -3.35. The minimum absolute atomic E-state index is 0.170. The molecule has 0 saturated carbocycles. The Morgan fingerprint density at radius 1 is 1.07 bits per heavy atom. The van der Waals surface area contributed by atoms with Gasteiger partial charge in [-0.05, 0) is 24.1 Å². The Balaban J connectivity index is 1.53. The highest BCUT2D eigenvalue weighted by molar-refractivity contribution is 5.96. The minimum atomic E-state index is -0.644. The number of aromatic nitrogens is 2. The SMILES string of the molecule is CCCNC(=O)C(Cc1ccccc1)NC(=O)N1CCn2c1nc1ccccc12. The molecule has 4 rings (SSSR count). The summed E-state index contributed by atoms with van der Waals surface area (Å²) in [6.45, 7) is 3.81. The first kappa shape index (κ1) is 19.0. The number of rotatable bonds is 6. The van der Waals surface area contributed by atoms with E-state index in [4.69, 9.17) is 0 Å². The summed E-state index contributed by atoms with van der Waals surface area (Å²) in [5.74, 6) is 0.452. The molecule has 1 aliphatic rings. The molecule has 3 amide bonds. The summed E-state index contributed by atoms with van der Waals surface area (Å²) in [7, 11) is 0. The number of imidazole rings is 1. The predicted molar refractivity (Wildman–Crippen MR) is 113 cm³/mol. The van der Waals surface area contributed by atoms with Gasteiger partial charge in [-0.1, -0.05) is 49.4 Å². The summed E-state index contributed by atoms with van der Waals surface area (Å²) in [4.78, 5) is 31.9. The molecular weight excluding hydrogens is 366 g/mol. The molecule has 0 spiro atoms. The van der Waals surface area contributed by atoms with Crippen LogP contribution in [-0.4, -0.2) is 40.6 Å². The second-order valence-electron chi connectivity index (χ2n) is 7.19. The Morgan fingerprint density at radius 2 is 1.83 bits per heavy atom. The third kappa shape index (κ3) is 3.94. The van der Waals surface area contributed by atoms with E-state index in [0.29, 0.717) is 32.0 Å². The molecule has 2 heterocycles. The van der Waals surface area contributed by atoms with Crippen molar-refractivity contribution in [2.24, 2.45) is 0 Å². The standard InChI is InChI=1S/C22H25N5O2/c1-2-12-23-20(28)18(15-16-8-4-3-5-9-16)25-22(29)27-14-13-26-19-11-7-6-10-17(19)24-21(26)27/h3-11,18H,2,12-15H2,1H3,(H,23,28)(H,25,29). The van der Waals surface area contributed by atoms with Crippen molar-refractivity contribution < 1.29 is 9.59 Å². The molecule has 0 bridgehead atoms. The van der Waals surface area contributed by atoms with E-state index in [0.717, 1.165) is 23.0 Å². The first-order chi connectivity index (χ1) is 14.2. The van der Waals surface area contributed by atoms with Crippen molar-refractivity contribution in [2.75, 3.05) is 18.0 Å². The van der Waals surface area contributed by atoms with Gasteiger partial charge in [0.05, 0.1) is 11.0 Å². The molecule has 29 heavy (non-hydrogen) atoms. The highest BCUT2D eigenvalue weighted by Crippen LogP contribution is 2.27. The lowest BCUT2D eigenvalue weighted by Gasteiger charge is -2.22. The molecule has 7 heteroatoms. The van der Waals surface area contributed by atoms with E-state index in [2.05, 4.69) is 15.6 Å². The number of carbonyl (C=O) groups excluding carboxylic acids is 2. The van der Waals surface area contributed by atoms with Crippen LogP contribution in [0.2, 0.25) is 0 Å². The molecule has 7 nitrogen and oxygen atoms in total. The molecule has 1 aliphatic heterocycles. The number of hydrogen-bond acceptors (Lipinski definition) is 3. The lowest BCUT2D eigenvalue weighted by molar-refractivity contribution is -0.122. The molecule has 2 aromatic carbocycles. The first-order valence-electron chi connectivity index (χ1n) is 10.0. The van der Waals surface area contributed by atoms with E-state index in [-0.39, 0.29) is 11.9 Å². The van der Waals surface area contributed by atoms with Crippen LogP contribution in [0.4, 0.5) is 10.7 Å². The number of para-hydroxylation sites is 2. The summed E-state index contributed by atoms with van der Waals surface area (Å²) < 4.78 is 2.04. The largest absolute Gasteiger partial charge is 0.354 e. The second-order valence-corrected chi connectivity index (χ2v) is 7.19. The third-order valence-corrected chi connectivity index (χ3v) is 5.11. The van der Waals surface area contributed by atoms with Crippen LogP contribution in [0.3, 0.4) is 0 Å². The average Bonchev–Trinajstić information content (AvgIpc) is 3.31. The molecule has 1 unspecified atom stereocenters.